The Balaban J connectivity index is 1.27. The van der Waals surface area contributed by atoms with E-state index in [0.717, 1.165) is 17.7 Å². The zero-order valence-electron chi connectivity index (χ0n) is 17.5. The molecule has 1 amide bonds. The lowest BCUT2D eigenvalue weighted by molar-refractivity contribution is -0.128. The molecule has 3 aliphatic heterocycles. The Morgan fingerprint density at radius 1 is 0.844 bits per heavy atom. The van der Waals surface area contributed by atoms with E-state index in [0.29, 0.717) is 43.4 Å². The van der Waals surface area contributed by atoms with E-state index in [1.807, 2.05) is 30.3 Å². The number of benzene rings is 2. The molecule has 0 atom stereocenters. The van der Waals surface area contributed by atoms with E-state index >= 15 is 0 Å². The first-order valence-corrected chi connectivity index (χ1v) is 12.1. The van der Waals surface area contributed by atoms with Gasteiger partial charge in [-0.25, -0.2) is 8.42 Å². The number of hydrogen-bond acceptors (Lipinski definition) is 6. The van der Waals surface area contributed by atoms with Crippen LogP contribution in [-0.2, 0) is 14.8 Å². The topological polar surface area (TPSA) is 85.4 Å². The lowest BCUT2D eigenvalue weighted by Gasteiger charge is -2.35. The third-order valence-electron chi connectivity index (χ3n) is 5.79. The Kier molecular flexibility index (Phi) is 5.52. The van der Waals surface area contributed by atoms with Crippen LogP contribution in [0.2, 0.25) is 0 Å². The average molecular weight is 457 g/mol. The summed E-state index contributed by atoms with van der Waals surface area (Å²) in [5, 5.41) is 0. The molecular weight excluding hydrogens is 432 g/mol. The highest BCUT2D eigenvalue weighted by Crippen LogP contribution is 2.33. The van der Waals surface area contributed by atoms with Crippen molar-refractivity contribution < 1.29 is 27.4 Å². The molecule has 0 unspecified atom stereocenters. The number of carbonyl (C=O) groups excluding carboxylic acids is 1. The van der Waals surface area contributed by atoms with Crippen LogP contribution in [0, 0.1) is 0 Å². The number of hydrogen-bond donors (Lipinski definition) is 0. The van der Waals surface area contributed by atoms with Crippen molar-refractivity contribution in [2.24, 2.45) is 0 Å². The Morgan fingerprint density at radius 2 is 1.59 bits per heavy atom. The molecule has 0 spiro atoms. The molecule has 2 aromatic rings. The van der Waals surface area contributed by atoms with Crippen molar-refractivity contribution in [1.82, 2.24) is 9.21 Å². The van der Waals surface area contributed by atoms with Crippen molar-refractivity contribution in [2.45, 2.75) is 11.3 Å². The Bertz CT molecular complexity index is 1170. The smallest absolute Gasteiger partial charge is 0.253 e. The summed E-state index contributed by atoms with van der Waals surface area (Å²) in [6.45, 7) is 2.35. The van der Waals surface area contributed by atoms with Crippen molar-refractivity contribution in [3.8, 4) is 17.2 Å². The van der Waals surface area contributed by atoms with Crippen LogP contribution < -0.4 is 14.2 Å². The van der Waals surface area contributed by atoms with Gasteiger partial charge in [0.2, 0.25) is 10.0 Å². The highest BCUT2D eigenvalue weighted by Gasteiger charge is 2.32. The second-order valence-corrected chi connectivity index (χ2v) is 9.79. The third kappa shape index (κ3) is 3.93. The molecule has 9 heteroatoms. The molecule has 5 rings (SSSR count). The number of ether oxygens (including phenoxy) is 3. The van der Waals surface area contributed by atoms with E-state index < -0.39 is 10.0 Å². The molecule has 0 aliphatic carbocycles. The van der Waals surface area contributed by atoms with E-state index in [2.05, 4.69) is 0 Å². The standard InChI is InChI=1S/C23H24N2O6S/c26-23(18-14-17-4-1-2-5-20(17)31-16-18)24-8-10-25(11-9-24)32(27,28)19-6-7-21-22(15-19)30-13-3-12-29-21/h1-2,4-7,14-15H,3,8-13,16H2. The van der Waals surface area contributed by atoms with Gasteiger partial charge in [-0.2, -0.15) is 4.31 Å². The summed E-state index contributed by atoms with van der Waals surface area (Å²) in [4.78, 5) is 14.8. The van der Waals surface area contributed by atoms with Crippen LogP contribution in [0.15, 0.2) is 52.9 Å². The molecule has 8 nitrogen and oxygen atoms in total. The fraction of sp³-hybridized carbons (Fsp3) is 0.348. The normalized spacial score (nSPS) is 18.8. The van der Waals surface area contributed by atoms with Crippen LogP contribution in [0.5, 0.6) is 17.2 Å². The number of para-hydroxylation sites is 1. The maximum absolute atomic E-state index is 13.2. The van der Waals surface area contributed by atoms with Crippen LogP contribution in [0.25, 0.3) is 6.08 Å². The number of nitrogens with zero attached hydrogens (tertiary/aromatic N) is 2. The minimum absolute atomic E-state index is 0.118. The van der Waals surface area contributed by atoms with Gasteiger partial charge in [0.1, 0.15) is 12.4 Å². The van der Waals surface area contributed by atoms with Gasteiger partial charge in [-0.05, 0) is 24.3 Å². The fourth-order valence-electron chi connectivity index (χ4n) is 4.03. The van der Waals surface area contributed by atoms with Gasteiger partial charge in [0.15, 0.2) is 11.5 Å². The monoisotopic (exact) mass is 456 g/mol. The van der Waals surface area contributed by atoms with Crippen LogP contribution in [0.4, 0.5) is 0 Å². The van der Waals surface area contributed by atoms with E-state index in [9.17, 15) is 13.2 Å². The van der Waals surface area contributed by atoms with Gasteiger partial charge in [0.25, 0.3) is 5.91 Å². The van der Waals surface area contributed by atoms with Gasteiger partial charge in [0.05, 0.1) is 23.7 Å². The molecule has 3 aliphatic rings. The Hall–Kier alpha value is -3.04. The summed E-state index contributed by atoms with van der Waals surface area (Å²) in [5.74, 6) is 1.64. The lowest BCUT2D eigenvalue weighted by atomic mass is 10.1. The minimum Gasteiger partial charge on any atom is -0.490 e. The molecular formula is C23H24N2O6S. The molecule has 1 saturated heterocycles. The second-order valence-electron chi connectivity index (χ2n) is 7.85. The second kappa shape index (κ2) is 8.48. The number of sulfonamides is 1. The average Bonchev–Trinajstić information content (AvgIpc) is 3.08. The van der Waals surface area contributed by atoms with Crippen LogP contribution in [0.3, 0.4) is 0 Å². The maximum Gasteiger partial charge on any atom is 0.253 e. The molecule has 0 bridgehead atoms. The molecule has 0 saturated carbocycles. The molecule has 1 fully saturated rings. The maximum atomic E-state index is 13.2. The number of fused-ring (bicyclic) bond motifs is 2. The predicted octanol–water partition coefficient (Wildman–Crippen LogP) is 2.16. The van der Waals surface area contributed by atoms with Crippen molar-refractivity contribution in [2.75, 3.05) is 46.0 Å². The van der Waals surface area contributed by atoms with Crippen LogP contribution in [0.1, 0.15) is 12.0 Å². The number of amides is 1. The molecule has 0 radical (unpaired) electrons. The molecule has 32 heavy (non-hydrogen) atoms. The predicted molar refractivity (Wildman–Crippen MR) is 117 cm³/mol. The summed E-state index contributed by atoms with van der Waals surface area (Å²) >= 11 is 0. The quantitative estimate of drug-likeness (QED) is 0.704. The number of carbonyl (C=O) groups is 1. The third-order valence-corrected chi connectivity index (χ3v) is 7.68. The van der Waals surface area contributed by atoms with Crippen LogP contribution in [-0.4, -0.2) is 69.5 Å². The van der Waals surface area contributed by atoms with E-state index in [-0.39, 0.29) is 30.5 Å². The first-order chi connectivity index (χ1) is 15.5. The number of piperazine rings is 1. The molecule has 0 aromatic heterocycles. The summed E-state index contributed by atoms with van der Waals surface area (Å²) in [7, 11) is -3.70. The Labute approximate surface area is 187 Å². The van der Waals surface area contributed by atoms with Crippen LogP contribution >= 0.6 is 0 Å². The highest BCUT2D eigenvalue weighted by molar-refractivity contribution is 7.89. The van der Waals surface area contributed by atoms with Gasteiger partial charge in [0, 0.05) is 44.2 Å². The van der Waals surface area contributed by atoms with Gasteiger partial charge < -0.3 is 19.1 Å². The summed E-state index contributed by atoms with van der Waals surface area (Å²) < 4.78 is 44.7. The summed E-state index contributed by atoms with van der Waals surface area (Å²) in [5.41, 5.74) is 1.45. The van der Waals surface area contributed by atoms with E-state index in [1.54, 1.807) is 17.0 Å². The van der Waals surface area contributed by atoms with Crippen molar-refractivity contribution in [1.29, 1.82) is 0 Å². The summed E-state index contributed by atoms with van der Waals surface area (Å²) in [6, 6.07) is 12.3. The van der Waals surface area contributed by atoms with Crippen molar-refractivity contribution >= 4 is 22.0 Å². The largest absolute Gasteiger partial charge is 0.490 e. The molecule has 168 valence electrons. The molecule has 3 heterocycles. The first kappa shape index (κ1) is 20.8. The molecule has 2 aromatic carbocycles. The first-order valence-electron chi connectivity index (χ1n) is 10.6. The van der Waals surface area contributed by atoms with Gasteiger partial charge in [-0.15, -0.1) is 0 Å². The van der Waals surface area contributed by atoms with E-state index in [1.165, 1.54) is 10.4 Å². The minimum atomic E-state index is -3.70. The fourth-order valence-corrected chi connectivity index (χ4v) is 5.47. The number of rotatable bonds is 3. The van der Waals surface area contributed by atoms with Gasteiger partial charge in [-0.1, -0.05) is 18.2 Å². The molecule has 0 N–H and O–H groups in total. The van der Waals surface area contributed by atoms with Crippen molar-refractivity contribution in [3.05, 3.63) is 53.6 Å². The highest BCUT2D eigenvalue weighted by atomic mass is 32.2. The summed E-state index contributed by atoms with van der Waals surface area (Å²) in [6.07, 6.45) is 2.60. The van der Waals surface area contributed by atoms with E-state index in [4.69, 9.17) is 14.2 Å². The zero-order valence-corrected chi connectivity index (χ0v) is 18.3. The SMILES string of the molecule is O=C(C1=Cc2ccccc2OC1)N1CCN(S(=O)(=O)c2ccc3c(c2)OCCCO3)CC1. The van der Waals surface area contributed by atoms with Gasteiger partial charge in [-0.3, -0.25) is 4.79 Å². The lowest BCUT2D eigenvalue weighted by Crippen LogP contribution is -2.51. The zero-order chi connectivity index (χ0) is 22.1. The van der Waals surface area contributed by atoms with Crippen molar-refractivity contribution in [3.63, 3.8) is 0 Å². The Morgan fingerprint density at radius 3 is 2.41 bits per heavy atom. The van der Waals surface area contributed by atoms with Gasteiger partial charge >= 0.3 is 0 Å².